The Kier molecular flexibility index (Phi) is 8.20. The van der Waals surface area contributed by atoms with Gasteiger partial charge in [0.1, 0.15) is 5.75 Å². The summed E-state index contributed by atoms with van der Waals surface area (Å²) in [6.45, 7) is 19.6. The Balaban J connectivity index is 1.28. The number of benzene rings is 1. The van der Waals surface area contributed by atoms with Crippen LogP contribution in [0.4, 0.5) is 0 Å². The predicted molar refractivity (Wildman–Crippen MR) is 180 cm³/mol. The van der Waals surface area contributed by atoms with Crippen LogP contribution in [0.25, 0.3) is 6.08 Å². The minimum Gasteiger partial charge on any atom is -0.497 e. The number of allylic oxidation sites excluding steroid dienone is 2. The fourth-order valence-electron chi connectivity index (χ4n) is 11.9. The van der Waals surface area contributed by atoms with Crippen molar-refractivity contribution in [1.82, 2.24) is 5.32 Å². The fraction of sp³-hybridized carbons (Fsp3) is 0.725. The van der Waals surface area contributed by atoms with Gasteiger partial charge in [0.25, 0.3) is 0 Å². The second-order valence-corrected chi connectivity index (χ2v) is 17.0. The second-order valence-electron chi connectivity index (χ2n) is 17.0. The average Bonchev–Trinajstić information content (AvgIpc) is 3.12. The Labute approximate surface area is 267 Å². The summed E-state index contributed by atoms with van der Waals surface area (Å²) in [4.78, 5) is 13.1. The first-order chi connectivity index (χ1) is 20.8. The van der Waals surface area contributed by atoms with Crippen LogP contribution in [0.1, 0.15) is 112 Å². The third-order valence-corrected chi connectivity index (χ3v) is 14.8. The third kappa shape index (κ3) is 4.92. The Morgan fingerprint density at radius 1 is 0.955 bits per heavy atom. The number of rotatable bonds is 5. The molecule has 6 rings (SSSR count). The lowest BCUT2D eigenvalue weighted by Crippen LogP contribution is -2.64. The Morgan fingerprint density at radius 3 is 2.43 bits per heavy atom. The molecule has 1 N–H and O–H groups in total. The van der Waals surface area contributed by atoms with Crippen molar-refractivity contribution >= 4 is 12.0 Å². The first kappa shape index (κ1) is 31.9. The lowest BCUT2D eigenvalue weighted by atomic mass is 9.35. The molecule has 4 aliphatic carbocycles. The van der Waals surface area contributed by atoms with E-state index in [4.69, 9.17) is 9.47 Å². The van der Waals surface area contributed by atoms with Crippen LogP contribution in [0, 0.1) is 51.2 Å². The summed E-state index contributed by atoms with van der Waals surface area (Å²) in [5.74, 6) is 3.79. The molecule has 3 saturated carbocycles. The van der Waals surface area contributed by atoms with Gasteiger partial charge in [0.05, 0.1) is 13.7 Å². The minimum absolute atomic E-state index is 0.0411. The highest BCUT2D eigenvalue weighted by Gasteiger charge is 2.67. The summed E-state index contributed by atoms with van der Waals surface area (Å²) in [6.07, 6.45) is 17.5. The number of nitrogens with one attached hydrogen (secondary N) is 1. The molecule has 1 aliphatic heterocycles. The van der Waals surface area contributed by atoms with Crippen molar-refractivity contribution in [3.8, 4) is 5.75 Å². The smallest absolute Gasteiger partial charge is 0.330 e. The van der Waals surface area contributed by atoms with E-state index >= 15 is 0 Å². The van der Waals surface area contributed by atoms with Gasteiger partial charge in [0.2, 0.25) is 0 Å². The van der Waals surface area contributed by atoms with Gasteiger partial charge in [-0.2, -0.15) is 0 Å². The van der Waals surface area contributed by atoms with Crippen LogP contribution >= 0.6 is 0 Å². The Morgan fingerprint density at radius 2 is 1.70 bits per heavy atom. The molecule has 1 heterocycles. The lowest BCUT2D eigenvalue weighted by Gasteiger charge is -2.70. The zero-order chi connectivity index (χ0) is 31.5. The maximum Gasteiger partial charge on any atom is 0.330 e. The molecule has 5 aliphatic rings. The molecular weight excluding hydrogens is 542 g/mol. The van der Waals surface area contributed by atoms with Crippen LogP contribution < -0.4 is 10.1 Å². The average molecular weight is 602 g/mol. The van der Waals surface area contributed by atoms with Gasteiger partial charge in [0, 0.05) is 17.0 Å². The van der Waals surface area contributed by atoms with Crippen molar-refractivity contribution in [3.05, 3.63) is 47.6 Å². The van der Waals surface area contributed by atoms with Gasteiger partial charge in [-0.3, -0.25) is 0 Å². The van der Waals surface area contributed by atoms with E-state index in [1.54, 1.807) is 18.8 Å². The number of carbonyl (C=O) groups is 1. The number of esters is 1. The largest absolute Gasteiger partial charge is 0.497 e. The minimum atomic E-state index is -0.228. The van der Waals surface area contributed by atoms with Crippen molar-refractivity contribution in [1.29, 1.82) is 0 Å². The summed E-state index contributed by atoms with van der Waals surface area (Å²) in [7, 11) is 1.67. The van der Waals surface area contributed by atoms with Gasteiger partial charge in [-0.1, -0.05) is 58.4 Å². The molecule has 44 heavy (non-hydrogen) atoms. The van der Waals surface area contributed by atoms with Gasteiger partial charge < -0.3 is 14.8 Å². The molecule has 9 atom stereocenters. The van der Waals surface area contributed by atoms with Crippen LogP contribution in [0.2, 0.25) is 0 Å². The first-order valence-electron chi connectivity index (χ1n) is 17.7. The number of carbonyl (C=O) groups excluding carboxylic acids is 1. The van der Waals surface area contributed by atoms with Crippen molar-refractivity contribution in [2.24, 2.45) is 51.2 Å². The van der Waals surface area contributed by atoms with Gasteiger partial charge >= 0.3 is 5.97 Å². The number of ether oxygens (including phenoxy) is 2. The Bertz CT molecular complexity index is 1300. The molecule has 1 saturated heterocycles. The monoisotopic (exact) mass is 601 g/mol. The molecule has 0 unspecified atom stereocenters. The summed E-state index contributed by atoms with van der Waals surface area (Å²) >= 11 is 0. The van der Waals surface area contributed by atoms with Crippen molar-refractivity contribution < 1.29 is 14.3 Å². The molecule has 0 aromatic heterocycles. The van der Waals surface area contributed by atoms with E-state index in [1.807, 2.05) is 30.3 Å². The zero-order valence-corrected chi connectivity index (χ0v) is 28.9. The molecule has 0 radical (unpaired) electrons. The summed E-state index contributed by atoms with van der Waals surface area (Å²) in [5.41, 5.74) is 3.80. The summed E-state index contributed by atoms with van der Waals surface area (Å²) in [5, 5.41) is 3.95. The molecule has 4 heteroatoms. The maximum absolute atomic E-state index is 13.1. The number of hydrogen-bond acceptors (Lipinski definition) is 4. The van der Waals surface area contributed by atoms with E-state index in [1.165, 1.54) is 44.9 Å². The second kappa shape index (κ2) is 11.3. The van der Waals surface area contributed by atoms with Gasteiger partial charge in [-0.05, 0) is 148 Å². The molecule has 4 fully saturated rings. The van der Waals surface area contributed by atoms with Crippen molar-refractivity contribution in [3.63, 3.8) is 0 Å². The molecule has 0 spiro atoms. The van der Waals surface area contributed by atoms with Crippen LogP contribution in [0.3, 0.4) is 0 Å². The molecular formula is C40H59NO3. The highest BCUT2D eigenvalue weighted by molar-refractivity contribution is 5.87. The van der Waals surface area contributed by atoms with E-state index < -0.39 is 0 Å². The topological polar surface area (TPSA) is 47.6 Å². The molecule has 242 valence electrons. The quantitative estimate of drug-likeness (QED) is 0.208. The van der Waals surface area contributed by atoms with E-state index in [0.717, 1.165) is 36.6 Å². The van der Waals surface area contributed by atoms with Crippen LogP contribution in [-0.4, -0.2) is 31.8 Å². The fourth-order valence-corrected chi connectivity index (χ4v) is 11.9. The maximum atomic E-state index is 13.1. The molecule has 4 nitrogen and oxygen atoms in total. The number of methoxy groups -OCH3 is 1. The van der Waals surface area contributed by atoms with Gasteiger partial charge in [-0.25, -0.2) is 4.79 Å². The molecule has 0 bridgehead atoms. The SMILES string of the molecule is COc1ccc(/C=C/C(=O)OC[C@]23CC[C@@H](C)[C@H](C)[C@@H]2C2=CC[C@@H]4[C@@]5(C)CCCNC(C)(C)[C@@H]5CC[C@@]4(C)[C@]2(C)CC3)cc1. The molecule has 0 amide bonds. The highest BCUT2D eigenvalue weighted by atomic mass is 16.5. The Hall–Kier alpha value is -2.07. The zero-order valence-electron chi connectivity index (χ0n) is 28.9. The molecule has 1 aromatic rings. The van der Waals surface area contributed by atoms with Crippen molar-refractivity contribution in [2.45, 2.75) is 112 Å². The van der Waals surface area contributed by atoms with Crippen LogP contribution in [-0.2, 0) is 9.53 Å². The van der Waals surface area contributed by atoms with E-state index in [-0.39, 0.29) is 22.3 Å². The van der Waals surface area contributed by atoms with Crippen molar-refractivity contribution in [2.75, 3.05) is 20.3 Å². The standard InChI is InChI=1S/C40H59NO3/c1-27-18-22-40(26-44-34(42)17-12-29-10-13-30(43-8)14-11-29)24-23-38(6)31(35(40)28(27)2)15-16-33-37(5)20-9-25-41-36(3,4)32(37)19-21-39(33,38)7/h10-15,17,27-28,32-33,35,41H,9,16,18-26H2,1-8H3/b17-12+/t27-,28+,32+,33-,35-,37+,38-,39-,40-/m1/s1. The predicted octanol–water partition coefficient (Wildman–Crippen LogP) is 9.25. The number of hydrogen-bond donors (Lipinski definition) is 1. The van der Waals surface area contributed by atoms with E-state index in [2.05, 4.69) is 59.9 Å². The third-order valence-electron chi connectivity index (χ3n) is 14.8. The number of fused-ring (bicyclic) bond motifs is 7. The first-order valence-corrected chi connectivity index (χ1v) is 17.7. The summed E-state index contributed by atoms with van der Waals surface area (Å²) in [6, 6.07) is 7.77. The lowest BCUT2D eigenvalue weighted by molar-refractivity contribution is -0.170. The van der Waals surface area contributed by atoms with E-state index in [9.17, 15) is 4.79 Å². The summed E-state index contributed by atoms with van der Waals surface area (Å²) < 4.78 is 11.4. The van der Waals surface area contributed by atoms with Gasteiger partial charge in [-0.15, -0.1) is 0 Å². The molecule has 1 aromatic carbocycles. The van der Waals surface area contributed by atoms with Crippen LogP contribution in [0.5, 0.6) is 5.75 Å². The van der Waals surface area contributed by atoms with Crippen LogP contribution in [0.15, 0.2) is 42.0 Å². The normalized spacial score (nSPS) is 43.0. The van der Waals surface area contributed by atoms with E-state index in [0.29, 0.717) is 41.1 Å². The highest BCUT2D eigenvalue weighted by Crippen LogP contribution is 2.74. The van der Waals surface area contributed by atoms with Gasteiger partial charge in [0.15, 0.2) is 0 Å².